The van der Waals surface area contributed by atoms with E-state index in [4.69, 9.17) is 0 Å². The summed E-state index contributed by atoms with van der Waals surface area (Å²) in [4.78, 5) is 0. The zero-order chi connectivity index (χ0) is 10.4. The fourth-order valence-electron chi connectivity index (χ4n) is 1.46. The topological polar surface area (TPSA) is 0 Å². The minimum absolute atomic E-state index is 0.381. The molecule has 0 saturated carbocycles. The highest BCUT2D eigenvalue weighted by Crippen LogP contribution is 2.23. The Labute approximate surface area is 86.3 Å². The van der Waals surface area contributed by atoms with Gasteiger partial charge in [-0.2, -0.15) is 0 Å². The highest BCUT2D eigenvalue weighted by atomic mass is 14.1. The van der Waals surface area contributed by atoms with Crippen LogP contribution in [-0.4, -0.2) is 0 Å². The Morgan fingerprint density at radius 1 is 1.21 bits per heavy atom. The van der Waals surface area contributed by atoms with Crippen molar-refractivity contribution in [2.24, 2.45) is 0 Å². The number of benzene rings is 1. The molecule has 0 amide bonds. The fraction of sp³-hybridized carbons (Fsp3) is 0.143. The minimum atomic E-state index is 0.381. The molecule has 0 fully saturated rings. The van der Waals surface area contributed by atoms with E-state index in [1.54, 1.807) is 6.08 Å². The lowest BCUT2D eigenvalue weighted by atomic mass is 9.93. The van der Waals surface area contributed by atoms with E-state index in [9.17, 15) is 0 Å². The van der Waals surface area contributed by atoms with Crippen molar-refractivity contribution in [3.63, 3.8) is 0 Å². The summed E-state index contributed by atoms with van der Waals surface area (Å²) < 4.78 is 0. The predicted molar refractivity (Wildman–Crippen MR) is 63.3 cm³/mol. The zero-order valence-electron chi connectivity index (χ0n) is 8.61. The molecule has 0 aliphatic carbocycles. The van der Waals surface area contributed by atoms with Crippen LogP contribution in [0.4, 0.5) is 0 Å². The molecule has 0 N–H and O–H groups in total. The van der Waals surface area contributed by atoms with Crippen molar-refractivity contribution < 1.29 is 0 Å². The second-order valence-electron chi connectivity index (χ2n) is 3.24. The summed E-state index contributed by atoms with van der Waals surface area (Å²) in [5.74, 6) is 0.381. The lowest BCUT2D eigenvalue weighted by Gasteiger charge is -2.12. The molecule has 72 valence electrons. The van der Waals surface area contributed by atoms with Crippen molar-refractivity contribution in [2.75, 3.05) is 0 Å². The molecule has 0 spiro atoms. The molecule has 0 aliphatic heterocycles. The van der Waals surface area contributed by atoms with Crippen molar-refractivity contribution >= 4 is 0 Å². The molecule has 0 heterocycles. The van der Waals surface area contributed by atoms with E-state index >= 15 is 0 Å². The molecule has 0 radical (unpaired) electrons. The Balaban J connectivity index is 2.94. The number of allylic oxidation sites excluding steroid dienone is 4. The van der Waals surface area contributed by atoms with E-state index < -0.39 is 0 Å². The Hall–Kier alpha value is -1.56. The maximum Gasteiger partial charge on any atom is 0.00607 e. The van der Waals surface area contributed by atoms with E-state index in [1.165, 1.54) is 11.1 Å². The second kappa shape index (κ2) is 5.23. The molecule has 1 rings (SSSR count). The van der Waals surface area contributed by atoms with Gasteiger partial charge in [-0.15, -0.1) is 0 Å². The van der Waals surface area contributed by atoms with Crippen LogP contribution in [0.5, 0.6) is 0 Å². The molecule has 1 atom stereocenters. The quantitative estimate of drug-likeness (QED) is 0.618. The average Bonchev–Trinajstić information content (AvgIpc) is 2.26. The average molecular weight is 184 g/mol. The first-order chi connectivity index (χ1) is 6.79. The first kappa shape index (κ1) is 10.5. The van der Waals surface area contributed by atoms with Gasteiger partial charge in [0.1, 0.15) is 0 Å². The van der Waals surface area contributed by atoms with Gasteiger partial charge in [-0.3, -0.25) is 0 Å². The maximum atomic E-state index is 3.81. The minimum Gasteiger partial charge on any atom is -0.0991 e. The molecular formula is C14H16. The lowest BCUT2D eigenvalue weighted by Crippen LogP contribution is -1.95. The van der Waals surface area contributed by atoms with Gasteiger partial charge in [0.05, 0.1) is 0 Å². The summed E-state index contributed by atoms with van der Waals surface area (Å²) in [6.07, 6.45) is 5.69. The maximum absolute atomic E-state index is 3.81. The van der Waals surface area contributed by atoms with Crippen LogP contribution in [0, 0.1) is 0 Å². The van der Waals surface area contributed by atoms with Gasteiger partial charge < -0.3 is 0 Å². The van der Waals surface area contributed by atoms with Crippen LogP contribution in [0.2, 0.25) is 0 Å². The monoisotopic (exact) mass is 184 g/mol. The highest BCUT2D eigenvalue weighted by Gasteiger charge is 2.06. The Bertz CT molecular complexity index is 330. The smallest absolute Gasteiger partial charge is 0.00607 e. The van der Waals surface area contributed by atoms with Crippen molar-refractivity contribution in [2.45, 2.75) is 12.8 Å². The summed E-state index contributed by atoms with van der Waals surface area (Å²) in [7, 11) is 0. The zero-order valence-corrected chi connectivity index (χ0v) is 8.61. The molecule has 1 aromatic carbocycles. The highest BCUT2D eigenvalue weighted by molar-refractivity contribution is 5.34. The van der Waals surface area contributed by atoms with Crippen molar-refractivity contribution in [1.29, 1.82) is 0 Å². The first-order valence-corrected chi connectivity index (χ1v) is 4.79. The third kappa shape index (κ3) is 2.46. The van der Waals surface area contributed by atoms with Crippen LogP contribution < -0.4 is 0 Å². The largest absolute Gasteiger partial charge is 0.0991 e. The molecule has 0 aliphatic rings. The second-order valence-corrected chi connectivity index (χ2v) is 3.24. The van der Waals surface area contributed by atoms with Gasteiger partial charge in [0.25, 0.3) is 0 Å². The molecule has 1 unspecified atom stereocenters. The van der Waals surface area contributed by atoms with Gasteiger partial charge >= 0.3 is 0 Å². The molecule has 14 heavy (non-hydrogen) atoms. The SMILES string of the molecule is C=C/C=C(\C=C)C(C)c1ccccc1. The number of rotatable bonds is 4. The van der Waals surface area contributed by atoms with Crippen LogP contribution in [0.1, 0.15) is 18.4 Å². The Morgan fingerprint density at radius 3 is 2.36 bits per heavy atom. The van der Waals surface area contributed by atoms with Gasteiger partial charge in [0, 0.05) is 5.92 Å². The number of hydrogen-bond donors (Lipinski definition) is 0. The van der Waals surface area contributed by atoms with Crippen LogP contribution in [0.25, 0.3) is 0 Å². The summed E-state index contributed by atoms with van der Waals surface area (Å²) in [6, 6.07) is 10.4. The molecule has 0 aromatic heterocycles. The number of hydrogen-bond acceptors (Lipinski definition) is 0. The summed E-state index contributed by atoms with van der Waals surface area (Å²) >= 11 is 0. The van der Waals surface area contributed by atoms with E-state index in [0.717, 1.165) is 0 Å². The van der Waals surface area contributed by atoms with Crippen LogP contribution in [0.3, 0.4) is 0 Å². The molecule has 0 bridgehead atoms. The van der Waals surface area contributed by atoms with Crippen LogP contribution >= 0.6 is 0 Å². The van der Waals surface area contributed by atoms with Crippen molar-refractivity contribution in [3.05, 3.63) is 72.9 Å². The summed E-state index contributed by atoms with van der Waals surface area (Å²) in [5, 5.41) is 0. The van der Waals surface area contributed by atoms with Gasteiger partial charge in [-0.1, -0.05) is 68.6 Å². The molecule has 0 nitrogen and oxygen atoms in total. The van der Waals surface area contributed by atoms with Gasteiger partial charge in [-0.05, 0) is 11.1 Å². The van der Waals surface area contributed by atoms with Gasteiger partial charge in [0.2, 0.25) is 0 Å². The third-order valence-electron chi connectivity index (χ3n) is 2.35. The Kier molecular flexibility index (Phi) is 3.93. The summed E-state index contributed by atoms with van der Waals surface area (Å²) in [5.41, 5.74) is 2.51. The summed E-state index contributed by atoms with van der Waals surface area (Å²) in [6.45, 7) is 9.68. The molecular weight excluding hydrogens is 168 g/mol. The normalized spacial score (nSPS) is 13.4. The van der Waals surface area contributed by atoms with Gasteiger partial charge in [-0.25, -0.2) is 0 Å². The van der Waals surface area contributed by atoms with Gasteiger partial charge in [0.15, 0.2) is 0 Å². The Morgan fingerprint density at radius 2 is 1.86 bits per heavy atom. The van der Waals surface area contributed by atoms with Crippen LogP contribution in [-0.2, 0) is 0 Å². The standard InChI is InChI=1S/C14H16/c1-4-9-13(5-2)12(3)14-10-7-6-8-11-14/h4-12H,1-2H2,3H3/b13-9+. The van der Waals surface area contributed by atoms with Crippen molar-refractivity contribution in [3.8, 4) is 0 Å². The van der Waals surface area contributed by atoms with Crippen LogP contribution in [0.15, 0.2) is 67.3 Å². The van der Waals surface area contributed by atoms with E-state index in [2.05, 4.69) is 44.3 Å². The lowest BCUT2D eigenvalue weighted by molar-refractivity contribution is 0.922. The van der Waals surface area contributed by atoms with E-state index in [0.29, 0.717) is 5.92 Å². The third-order valence-corrected chi connectivity index (χ3v) is 2.35. The van der Waals surface area contributed by atoms with E-state index in [-0.39, 0.29) is 0 Å². The predicted octanol–water partition coefficient (Wildman–Crippen LogP) is 4.09. The fourth-order valence-corrected chi connectivity index (χ4v) is 1.46. The molecule has 0 heteroatoms. The molecule has 0 saturated heterocycles. The van der Waals surface area contributed by atoms with E-state index in [1.807, 2.05) is 18.2 Å². The van der Waals surface area contributed by atoms with Crippen molar-refractivity contribution in [1.82, 2.24) is 0 Å². The molecule has 1 aromatic rings. The first-order valence-electron chi connectivity index (χ1n) is 4.79.